The van der Waals surface area contributed by atoms with Crippen LogP contribution < -0.4 is 31.9 Å². The molecule has 0 saturated carbocycles. The smallest absolute Gasteiger partial charge is 0.309 e. The van der Waals surface area contributed by atoms with Crippen molar-refractivity contribution in [1.29, 1.82) is 0 Å². The minimum atomic E-state index is -1.10. The average molecular weight is 1340 g/mol. The molecule has 470 valence electrons. The molecule has 5 atom stereocenters. The summed E-state index contributed by atoms with van der Waals surface area (Å²) in [7, 11) is 5.30. The highest BCUT2D eigenvalue weighted by Gasteiger charge is 2.35. The highest BCUT2D eigenvalue weighted by Crippen LogP contribution is 2.41. The fourth-order valence-electron chi connectivity index (χ4n) is 9.21. The van der Waals surface area contributed by atoms with Gasteiger partial charge >= 0.3 is 17.9 Å². The molecular formula is C58H59N13O13S6. The molecule has 8 heterocycles. The number of nitrogens with zero attached hydrogens (tertiary/aromatic N) is 7. The minimum Gasteiger partial charge on any atom is -0.469 e. The first kappa shape index (κ1) is 65.8. The predicted octanol–water partition coefficient (Wildman–Crippen LogP) is 7.95. The van der Waals surface area contributed by atoms with Crippen LogP contribution in [0.25, 0.3) is 43.4 Å². The van der Waals surface area contributed by atoms with Crippen LogP contribution in [0.2, 0.25) is 0 Å². The Hall–Kier alpha value is -8.66. The molecule has 0 fully saturated rings. The van der Waals surface area contributed by atoms with Crippen molar-refractivity contribution < 1.29 is 62.1 Å². The highest BCUT2D eigenvalue weighted by molar-refractivity contribution is 7.15. The molecular weight excluding hydrogens is 1280 g/mol. The summed E-state index contributed by atoms with van der Waals surface area (Å²) in [5.74, 6) is -6.39. The van der Waals surface area contributed by atoms with E-state index in [9.17, 15) is 43.2 Å². The summed E-state index contributed by atoms with van der Waals surface area (Å²) in [6.07, 6.45) is -1.74. The first-order chi connectivity index (χ1) is 43.2. The Morgan fingerprint density at radius 2 is 1.38 bits per heavy atom. The lowest BCUT2D eigenvalue weighted by Crippen LogP contribution is -2.41. The molecule has 7 aromatic heterocycles. The van der Waals surface area contributed by atoms with E-state index >= 15 is 0 Å². The summed E-state index contributed by atoms with van der Waals surface area (Å²) in [6.45, 7) is 6.10. The van der Waals surface area contributed by atoms with Crippen LogP contribution in [0.15, 0.2) is 64.0 Å². The summed E-state index contributed by atoms with van der Waals surface area (Å²) >= 11 is 7.00. The van der Waals surface area contributed by atoms with E-state index in [0.29, 0.717) is 68.7 Å². The zero-order valence-corrected chi connectivity index (χ0v) is 54.3. The highest BCUT2D eigenvalue weighted by atomic mass is 32.1. The van der Waals surface area contributed by atoms with Crippen molar-refractivity contribution in [2.75, 3.05) is 40.2 Å². The number of hydrogen-bond donors (Lipinski definition) is 6. The average Bonchev–Trinajstić information content (AvgIpc) is 1.88. The summed E-state index contributed by atoms with van der Waals surface area (Å²) in [6, 6.07) is 9.37. The Morgan fingerprint density at radius 1 is 0.667 bits per heavy atom. The van der Waals surface area contributed by atoms with Gasteiger partial charge in [0, 0.05) is 59.5 Å². The lowest BCUT2D eigenvalue weighted by Gasteiger charge is -2.26. The molecule has 90 heavy (non-hydrogen) atoms. The molecule has 9 rings (SSSR count). The van der Waals surface area contributed by atoms with E-state index < -0.39 is 90.0 Å². The third-order valence-electron chi connectivity index (χ3n) is 13.7. The van der Waals surface area contributed by atoms with E-state index in [-0.39, 0.29) is 66.1 Å². The standard InChI is InChI=1S/C58H59N13O13S6/c1-26(2)43-57-71-46(37(90-57)21-81-6)50(78)60-20-41(75)68-47(48(84-28(4)72)29-12-10-9-11-13-29)56-65-36(24-87-56)54-63-34(22-86-54)45-31(15-16-32(61-45)53-67-38(25-88-53)66-39(73)17-14-30(58(80)83-8)18-42(76)82-7)52-64-35(23-85-52)49(77)62-33(19-40(74)59-5)55-70-44(27(3)89-55)51(79)69-43/h9-13,15-16,22-26,30,33,43,47-48H,14,17-21H2,1-8H3,(H,59,74)(H,60,78)(H,62,77)(H,66,73)(H,68,75)(H,69,79)/t30-,33-,43-,47-,48?/m0/s1. The van der Waals surface area contributed by atoms with Gasteiger partial charge in [0.2, 0.25) is 17.7 Å². The van der Waals surface area contributed by atoms with Crippen molar-refractivity contribution in [3.63, 3.8) is 0 Å². The monoisotopic (exact) mass is 1340 g/mol. The van der Waals surface area contributed by atoms with E-state index in [1.165, 1.54) is 69.3 Å². The molecule has 10 bridgehead atoms. The van der Waals surface area contributed by atoms with Gasteiger partial charge in [-0.25, -0.2) is 34.9 Å². The quantitative estimate of drug-likeness (QED) is 0.0394. The molecule has 0 radical (unpaired) electrons. The minimum absolute atomic E-state index is 0.00375. The van der Waals surface area contributed by atoms with Crippen molar-refractivity contribution in [2.24, 2.45) is 11.8 Å². The Bertz CT molecular complexity index is 3990. The van der Waals surface area contributed by atoms with Gasteiger partial charge in [-0.05, 0) is 37.0 Å². The SMILES string of the molecule is CNC(=O)C[C@@H]1NC(=O)c2csc(n2)-c2ccc(-c3nc(NC(=O)CC[C@@H](CC(=O)OC)C(=O)OC)cs3)nc2-c2csc(n2)-c2csc(n2)[C@H](C(OC(C)=O)c2ccccc2)NC(=O)CNC(=O)c2nc(sc2COC)[C@H](C(C)C)NC(=O)c2nc1sc2C. The summed E-state index contributed by atoms with van der Waals surface area (Å²) in [4.78, 5) is 155. The predicted molar refractivity (Wildman–Crippen MR) is 336 cm³/mol. The maximum Gasteiger partial charge on any atom is 0.309 e. The summed E-state index contributed by atoms with van der Waals surface area (Å²) in [5, 5.41) is 25.7. The van der Waals surface area contributed by atoms with E-state index in [1.807, 2.05) is 13.8 Å². The molecule has 6 N–H and O–H groups in total. The Labute approximate surface area is 538 Å². The Balaban J connectivity index is 1.11. The van der Waals surface area contributed by atoms with Crippen LogP contribution in [0.1, 0.15) is 132 Å². The molecule has 0 aliphatic carbocycles. The number of aromatic nitrogens is 7. The van der Waals surface area contributed by atoms with Crippen LogP contribution in [-0.2, 0) is 54.3 Å². The van der Waals surface area contributed by atoms with Gasteiger partial charge in [0.25, 0.3) is 17.7 Å². The van der Waals surface area contributed by atoms with Crippen LogP contribution in [0.3, 0.4) is 0 Å². The van der Waals surface area contributed by atoms with Gasteiger partial charge in [0.1, 0.15) is 76.1 Å². The molecule has 0 spiro atoms. The van der Waals surface area contributed by atoms with E-state index in [2.05, 4.69) is 36.9 Å². The number of anilines is 1. The van der Waals surface area contributed by atoms with Crippen molar-refractivity contribution in [2.45, 2.75) is 84.2 Å². The largest absolute Gasteiger partial charge is 0.469 e. The summed E-state index contributed by atoms with van der Waals surface area (Å²) in [5.41, 5.74) is 2.42. The number of carbonyl (C=O) groups excluding carboxylic acids is 9. The molecule has 1 aromatic carbocycles. The number of carbonyl (C=O) groups is 9. The number of ether oxygens (including phenoxy) is 4. The number of fused-ring (bicyclic) bond motifs is 14. The number of methoxy groups -OCH3 is 3. The maximum absolute atomic E-state index is 14.4. The van der Waals surface area contributed by atoms with E-state index in [4.69, 9.17) is 48.9 Å². The first-order valence-electron chi connectivity index (χ1n) is 27.6. The van der Waals surface area contributed by atoms with Crippen molar-refractivity contribution in [3.05, 3.63) is 111 Å². The molecule has 6 amide bonds. The lowest BCUT2D eigenvalue weighted by molar-refractivity contribution is -0.152. The zero-order chi connectivity index (χ0) is 64.3. The van der Waals surface area contributed by atoms with Gasteiger partial charge in [-0.3, -0.25) is 43.2 Å². The number of pyridine rings is 1. The molecule has 1 aliphatic rings. The van der Waals surface area contributed by atoms with Crippen LogP contribution in [0, 0.1) is 18.8 Å². The fraction of sp³-hybridized carbons (Fsp3) is 0.345. The van der Waals surface area contributed by atoms with Gasteiger partial charge < -0.3 is 50.8 Å². The molecule has 0 saturated heterocycles. The second-order valence-corrected chi connectivity index (χ2v) is 26.2. The van der Waals surface area contributed by atoms with Crippen LogP contribution in [0.4, 0.5) is 5.82 Å². The van der Waals surface area contributed by atoms with E-state index in [1.54, 1.807) is 70.9 Å². The third kappa shape index (κ3) is 15.8. The van der Waals surface area contributed by atoms with Crippen molar-refractivity contribution in [3.8, 4) is 43.4 Å². The number of nitrogens with one attached hydrogen (secondary N) is 6. The van der Waals surface area contributed by atoms with Crippen molar-refractivity contribution in [1.82, 2.24) is 61.5 Å². The number of amides is 6. The lowest BCUT2D eigenvalue weighted by atomic mass is 9.99. The number of benzene rings is 1. The summed E-state index contributed by atoms with van der Waals surface area (Å²) < 4.78 is 21.0. The van der Waals surface area contributed by atoms with Gasteiger partial charge in [0.15, 0.2) is 6.10 Å². The topological polar surface area (TPSA) is 353 Å². The molecule has 8 aromatic rings. The van der Waals surface area contributed by atoms with Crippen LogP contribution in [0.5, 0.6) is 0 Å². The second-order valence-electron chi connectivity index (χ2n) is 20.3. The Kier molecular flexibility index (Phi) is 21.8. The number of thiazole rings is 6. The van der Waals surface area contributed by atoms with Crippen LogP contribution >= 0.6 is 68.0 Å². The molecule has 26 nitrogen and oxygen atoms in total. The number of esters is 3. The van der Waals surface area contributed by atoms with Crippen LogP contribution in [-0.4, -0.2) is 123 Å². The molecule has 32 heteroatoms. The van der Waals surface area contributed by atoms with Gasteiger partial charge in [-0.15, -0.1) is 68.0 Å². The number of hydrogen-bond acceptors (Lipinski definition) is 26. The normalized spacial score (nSPS) is 16.1. The Morgan fingerprint density at radius 3 is 2.10 bits per heavy atom. The van der Waals surface area contributed by atoms with Gasteiger partial charge in [-0.2, -0.15) is 0 Å². The van der Waals surface area contributed by atoms with Gasteiger partial charge in [-0.1, -0.05) is 44.2 Å². The number of rotatable bonds is 16. The maximum atomic E-state index is 14.4. The fourth-order valence-corrected chi connectivity index (χ4v) is 14.7. The zero-order valence-electron chi connectivity index (χ0n) is 49.4. The van der Waals surface area contributed by atoms with E-state index in [0.717, 1.165) is 34.0 Å². The third-order valence-corrected chi connectivity index (χ3v) is 19.4. The molecule has 1 unspecified atom stereocenters. The van der Waals surface area contributed by atoms with Crippen molar-refractivity contribution >= 4 is 127 Å². The molecule has 1 aliphatic heterocycles. The number of aryl methyl sites for hydroxylation is 1. The first-order valence-corrected chi connectivity index (χ1v) is 32.8. The van der Waals surface area contributed by atoms with Gasteiger partial charge in [0.05, 0.1) is 68.8 Å². The second kappa shape index (κ2) is 29.8.